The van der Waals surface area contributed by atoms with Crippen LogP contribution >= 0.6 is 0 Å². The Hall–Kier alpha value is -2.40. The summed E-state index contributed by atoms with van der Waals surface area (Å²) in [5.41, 5.74) is 4.98. The van der Waals surface area contributed by atoms with Crippen LogP contribution in [0.2, 0.25) is 0 Å². The van der Waals surface area contributed by atoms with E-state index in [0.717, 1.165) is 55.7 Å². The van der Waals surface area contributed by atoms with Crippen LogP contribution < -0.4 is 9.64 Å². The monoisotopic (exact) mass is 349 g/mol. The second kappa shape index (κ2) is 5.81. The zero-order valence-corrected chi connectivity index (χ0v) is 15.2. The van der Waals surface area contributed by atoms with Crippen molar-refractivity contribution in [3.63, 3.8) is 0 Å². The third kappa shape index (κ3) is 2.58. The van der Waals surface area contributed by atoms with Crippen LogP contribution in [0.1, 0.15) is 30.5 Å². The normalized spacial score (nSPS) is 19.8. The van der Waals surface area contributed by atoms with Crippen molar-refractivity contribution in [1.82, 2.24) is 4.98 Å². The Morgan fingerprint density at radius 3 is 2.73 bits per heavy atom. The zero-order chi connectivity index (χ0) is 17.7. The number of hydrogen-bond donors (Lipinski definition) is 0. The fourth-order valence-electron chi connectivity index (χ4n) is 3.99. The summed E-state index contributed by atoms with van der Waals surface area (Å²) in [6.45, 7) is 8.69. The molecule has 1 aromatic heterocycles. The molecule has 0 bridgehead atoms. The standard InChI is InChI=1S/C21H23N3O2/c1-14(2)26-17-4-3-16-9-23-20(18(16)8-17)15-5-6-22-19(7-15)24-10-21(11-24)12-25-13-21/h3-8,14H,9-13H2,1-2H3. The maximum Gasteiger partial charge on any atom is 0.129 e. The summed E-state index contributed by atoms with van der Waals surface area (Å²) in [5.74, 6) is 1.93. The fourth-order valence-corrected chi connectivity index (χ4v) is 3.99. The van der Waals surface area contributed by atoms with Gasteiger partial charge >= 0.3 is 0 Å². The van der Waals surface area contributed by atoms with Crippen LogP contribution in [0.5, 0.6) is 5.75 Å². The predicted octanol–water partition coefficient (Wildman–Crippen LogP) is 3.06. The van der Waals surface area contributed by atoms with Crippen LogP contribution in [-0.4, -0.2) is 43.1 Å². The van der Waals surface area contributed by atoms with Crippen molar-refractivity contribution in [3.8, 4) is 5.75 Å². The van der Waals surface area contributed by atoms with E-state index in [1.807, 2.05) is 26.1 Å². The molecule has 4 heterocycles. The van der Waals surface area contributed by atoms with Crippen molar-refractivity contribution in [2.75, 3.05) is 31.2 Å². The van der Waals surface area contributed by atoms with Gasteiger partial charge in [0.1, 0.15) is 11.6 Å². The molecule has 5 nitrogen and oxygen atoms in total. The molecule has 2 fully saturated rings. The first-order valence-electron chi connectivity index (χ1n) is 9.25. The quantitative estimate of drug-likeness (QED) is 0.851. The Kier molecular flexibility index (Phi) is 3.54. The second-order valence-electron chi connectivity index (χ2n) is 7.90. The topological polar surface area (TPSA) is 47.0 Å². The van der Waals surface area contributed by atoms with Crippen molar-refractivity contribution in [1.29, 1.82) is 0 Å². The lowest BCUT2D eigenvalue weighted by molar-refractivity contribution is -0.127. The Morgan fingerprint density at radius 1 is 1.15 bits per heavy atom. The van der Waals surface area contributed by atoms with Crippen LogP contribution in [-0.2, 0) is 11.3 Å². The molecule has 0 N–H and O–H groups in total. The smallest absolute Gasteiger partial charge is 0.129 e. The first-order valence-corrected chi connectivity index (χ1v) is 9.25. The maximum absolute atomic E-state index is 5.87. The first kappa shape index (κ1) is 15.8. The lowest BCUT2D eigenvalue weighted by Gasteiger charge is -2.55. The van der Waals surface area contributed by atoms with Crippen molar-refractivity contribution in [2.24, 2.45) is 10.4 Å². The van der Waals surface area contributed by atoms with Crippen molar-refractivity contribution in [3.05, 3.63) is 53.2 Å². The Labute approximate surface area is 153 Å². The van der Waals surface area contributed by atoms with E-state index in [-0.39, 0.29) is 6.10 Å². The minimum absolute atomic E-state index is 0.164. The highest BCUT2D eigenvalue weighted by Gasteiger charge is 2.49. The number of nitrogens with zero attached hydrogens (tertiary/aromatic N) is 3. The molecular formula is C21H23N3O2. The van der Waals surface area contributed by atoms with Gasteiger partial charge in [-0.25, -0.2) is 4.98 Å². The van der Waals surface area contributed by atoms with Gasteiger partial charge < -0.3 is 14.4 Å². The molecule has 1 aromatic carbocycles. The Morgan fingerprint density at radius 2 is 2.00 bits per heavy atom. The summed E-state index contributed by atoms with van der Waals surface area (Å²) in [6, 6.07) is 10.5. The Bertz CT molecular complexity index is 879. The number of hydrogen-bond acceptors (Lipinski definition) is 5. The van der Waals surface area contributed by atoms with Gasteiger partial charge in [-0.3, -0.25) is 4.99 Å². The summed E-state index contributed by atoms with van der Waals surface area (Å²) in [7, 11) is 0. The van der Waals surface area contributed by atoms with E-state index < -0.39 is 0 Å². The molecular weight excluding hydrogens is 326 g/mol. The van der Waals surface area contributed by atoms with Gasteiger partial charge in [0.2, 0.25) is 0 Å². The van der Waals surface area contributed by atoms with E-state index in [2.05, 4.69) is 34.1 Å². The molecule has 1 spiro atoms. The molecule has 5 rings (SSSR count). The zero-order valence-electron chi connectivity index (χ0n) is 15.2. The molecule has 0 aliphatic carbocycles. The second-order valence-corrected chi connectivity index (χ2v) is 7.90. The molecule has 0 unspecified atom stereocenters. The van der Waals surface area contributed by atoms with E-state index >= 15 is 0 Å². The third-order valence-electron chi connectivity index (χ3n) is 5.33. The van der Waals surface area contributed by atoms with E-state index in [0.29, 0.717) is 5.41 Å². The molecule has 2 saturated heterocycles. The number of benzene rings is 1. The van der Waals surface area contributed by atoms with Gasteiger partial charge in [0.05, 0.1) is 37.0 Å². The van der Waals surface area contributed by atoms with Crippen molar-refractivity contribution < 1.29 is 9.47 Å². The van der Waals surface area contributed by atoms with Gasteiger partial charge in [-0.2, -0.15) is 0 Å². The number of aromatic nitrogens is 1. The van der Waals surface area contributed by atoms with Gasteiger partial charge in [-0.15, -0.1) is 0 Å². The van der Waals surface area contributed by atoms with Gasteiger partial charge in [-0.1, -0.05) is 6.07 Å². The first-order chi connectivity index (χ1) is 12.6. The van der Waals surface area contributed by atoms with Crippen LogP contribution in [0.15, 0.2) is 41.5 Å². The largest absolute Gasteiger partial charge is 0.491 e. The van der Waals surface area contributed by atoms with Gasteiger partial charge in [0, 0.05) is 30.4 Å². The van der Waals surface area contributed by atoms with Crippen molar-refractivity contribution in [2.45, 2.75) is 26.5 Å². The van der Waals surface area contributed by atoms with E-state index in [1.54, 1.807) is 0 Å². The summed E-state index contributed by atoms with van der Waals surface area (Å²) >= 11 is 0. The average molecular weight is 349 g/mol. The number of fused-ring (bicyclic) bond motifs is 1. The minimum Gasteiger partial charge on any atom is -0.491 e. The number of ether oxygens (including phenoxy) is 2. The SMILES string of the molecule is CC(C)Oc1ccc2c(c1)C(c1ccnc(N3CC4(COC4)C3)c1)=NC2. The minimum atomic E-state index is 0.164. The highest BCUT2D eigenvalue weighted by molar-refractivity contribution is 6.15. The van der Waals surface area contributed by atoms with Crippen LogP contribution in [0, 0.1) is 5.41 Å². The molecule has 26 heavy (non-hydrogen) atoms. The summed E-state index contributed by atoms with van der Waals surface area (Å²) < 4.78 is 11.2. The molecule has 5 heteroatoms. The molecule has 0 radical (unpaired) electrons. The molecule has 0 saturated carbocycles. The summed E-state index contributed by atoms with van der Waals surface area (Å²) in [6.07, 6.45) is 2.05. The molecule has 0 atom stereocenters. The van der Waals surface area contributed by atoms with Gasteiger partial charge in [0.25, 0.3) is 0 Å². The van der Waals surface area contributed by atoms with Crippen LogP contribution in [0.4, 0.5) is 5.82 Å². The lowest BCUT2D eigenvalue weighted by Crippen LogP contribution is -2.66. The number of anilines is 1. The molecule has 134 valence electrons. The molecule has 0 amide bonds. The van der Waals surface area contributed by atoms with Gasteiger partial charge in [0.15, 0.2) is 0 Å². The molecule has 2 aromatic rings. The van der Waals surface area contributed by atoms with E-state index in [1.165, 1.54) is 11.1 Å². The number of pyridine rings is 1. The summed E-state index contributed by atoms with van der Waals surface area (Å²) in [4.78, 5) is 11.7. The lowest BCUT2D eigenvalue weighted by atomic mass is 9.78. The molecule has 3 aliphatic rings. The number of rotatable bonds is 4. The van der Waals surface area contributed by atoms with Gasteiger partial charge in [-0.05, 0) is 43.7 Å². The summed E-state index contributed by atoms with van der Waals surface area (Å²) in [5, 5.41) is 0. The van der Waals surface area contributed by atoms with E-state index in [4.69, 9.17) is 14.5 Å². The highest BCUT2D eigenvalue weighted by Crippen LogP contribution is 2.40. The fraction of sp³-hybridized carbons (Fsp3) is 0.429. The van der Waals surface area contributed by atoms with Crippen LogP contribution in [0.3, 0.4) is 0 Å². The Balaban J connectivity index is 1.41. The number of aliphatic imine (C=N–C) groups is 1. The van der Waals surface area contributed by atoms with E-state index in [9.17, 15) is 0 Å². The highest BCUT2D eigenvalue weighted by atomic mass is 16.5. The third-order valence-corrected chi connectivity index (χ3v) is 5.33. The van der Waals surface area contributed by atoms with Crippen LogP contribution in [0.25, 0.3) is 0 Å². The average Bonchev–Trinajstić information content (AvgIpc) is 2.95. The molecule has 3 aliphatic heterocycles. The predicted molar refractivity (Wildman–Crippen MR) is 101 cm³/mol. The maximum atomic E-state index is 5.87. The van der Waals surface area contributed by atoms with Crippen molar-refractivity contribution >= 4 is 11.5 Å².